The van der Waals surface area contributed by atoms with Crippen molar-refractivity contribution in [2.45, 2.75) is 57.6 Å². The first-order valence-corrected chi connectivity index (χ1v) is 10.6. The van der Waals surface area contributed by atoms with Crippen LogP contribution in [0.25, 0.3) is 0 Å². The average Bonchev–Trinajstić information content (AvgIpc) is 3.04. The molecule has 0 bridgehead atoms. The van der Waals surface area contributed by atoms with Crippen LogP contribution in [-0.2, 0) is 9.53 Å². The third-order valence-corrected chi connectivity index (χ3v) is 6.00. The van der Waals surface area contributed by atoms with Crippen LogP contribution in [0, 0.1) is 17.6 Å². The molecule has 1 aliphatic rings. The molecule has 0 unspecified atom stereocenters. The number of amides is 2. The molecular weight excluding hydrogens is 477 g/mol. The highest BCUT2D eigenvalue weighted by Gasteiger charge is 2.66. The Hall–Kier alpha value is -3.28. The van der Waals surface area contributed by atoms with Gasteiger partial charge in [-0.25, -0.2) is 4.39 Å². The van der Waals surface area contributed by atoms with Gasteiger partial charge in [-0.3, -0.25) is 14.6 Å². The number of carbonyl (C=O) groups is 2. The van der Waals surface area contributed by atoms with E-state index in [9.17, 15) is 31.5 Å². The topological polar surface area (TPSA) is 104 Å². The fourth-order valence-electron chi connectivity index (χ4n) is 4.04. The molecule has 2 amide bonds. The zero-order valence-corrected chi connectivity index (χ0v) is 19.2. The first-order chi connectivity index (χ1) is 16.2. The van der Waals surface area contributed by atoms with Crippen LogP contribution in [-0.4, -0.2) is 40.8 Å². The average molecular weight is 501 g/mol. The van der Waals surface area contributed by atoms with Gasteiger partial charge >= 0.3 is 6.18 Å². The molecule has 1 aromatic carbocycles. The number of benzene rings is 1. The van der Waals surface area contributed by atoms with Crippen LogP contribution in [0.15, 0.2) is 30.5 Å². The molecule has 3 rings (SSSR count). The van der Waals surface area contributed by atoms with E-state index in [0.29, 0.717) is 0 Å². The summed E-state index contributed by atoms with van der Waals surface area (Å²) >= 11 is 0. The number of carbonyl (C=O) groups excluding carboxylic acids is 2. The number of hydrogen-bond acceptors (Lipinski definition) is 5. The van der Waals surface area contributed by atoms with Gasteiger partial charge in [-0.15, -0.1) is 0 Å². The van der Waals surface area contributed by atoms with Crippen molar-refractivity contribution in [1.82, 2.24) is 4.98 Å². The lowest BCUT2D eigenvalue weighted by atomic mass is 9.77. The van der Waals surface area contributed by atoms with E-state index in [1.165, 1.54) is 33.0 Å². The second-order valence-corrected chi connectivity index (χ2v) is 8.69. The minimum atomic E-state index is -4.90. The van der Waals surface area contributed by atoms with Crippen molar-refractivity contribution in [1.29, 1.82) is 0 Å². The van der Waals surface area contributed by atoms with Crippen molar-refractivity contribution < 1.29 is 41.0 Å². The molecule has 4 atom stereocenters. The largest absolute Gasteiger partial charge is 0.488 e. The number of ether oxygens (including phenoxy) is 2. The summed E-state index contributed by atoms with van der Waals surface area (Å²) in [4.78, 5) is 28.3. The molecule has 2 heterocycles. The first kappa shape index (κ1) is 26.3. The molecule has 2 aromatic rings. The number of rotatable bonds is 6. The maximum atomic E-state index is 14.7. The van der Waals surface area contributed by atoms with E-state index in [1.807, 2.05) is 0 Å². The molecule has 12 heteroatoms. The van der Waals surface area contributed by atoms with Crippen LogP contribution >= 0.6 is 0 Å². The zero-order chi connectivity index (χ0) is 26.3. The van der Waals surface area contributed by atoms with Crippen LogP contribution in [0.3, 0.4) is 0 Å². The monoisotopic (exact) mass is 501 g/mol. The SMILES string of the molecule is CC(C)Oc1c([C@@H]2[C@@H](C)[C@@](C)(C(F)(F)F)O[C@H]2C(=O)Nc2ccnc(C(N)=O)c2)ccc(F)c1F. The van der Waals surface area contributed by atoms with Crippen molar-refractivity contribution >= 4 is 17.5 Å². The van der Waals surface area contributed by atoms with Crippen molar-refractivity contribution in [3.05, 3.63) is 53.4 Å². The number of nitrogens with one attached hydrogen (secondary N) is 1. The van der Waals surface area contributed by atoms with Crippen molar-refractivity contribution in [2.75, 3.05) is 5.32 Å². The Labute approximate surface area is 197 Å². The highest BCUT2D eigenvalue weighted by Crippen LogP contribution is 2.55. The van der Waals surface area contributed by atoms with Crippen molar-refractivity contribution in [3.8, 4) is 5.75 Å². The molecule has 0 radical (unpaired) electrons. The Bertz CT molecular complexity index is 1140. The number of pyridine rings is 1. The fraction of sp³-hybridized carbons (Fsp3) is 0.435. The molecule has 0 saturated carbocycles. The van der Waals surface area contributed by atoms with E-state index in [-0.39, 0.29) is 16.9 Å². The number of primary amides is 1. The summed E-state index contributed by atoms with van der Waals surface area (Å²) in [6.45, 7) is 5.07. The second kappa shape index (κ2) is 9.40. The third-order valence-electron chi connectivity index (χ3n) is 6.00. The minimum Gasteiger partial charge on any atom is -0.488 e. The summed E-state index contributed by atoms with van der Waals surface area (Å²) in [7, 11) is 0. The minimum absolute atomic E-state index is 0.0263. The van der Waals surface area contributed by atoms with E-state index in [0.717, 1.165) is 25.1 Å². The van der Waals surface area contributed by atoms with E-state index < -0.39 is 65.0 Å². The Morgan fingerprint density at radius 3 is 2.46 bits per heavy atom. The first-order valence-electron chi connectivity index (χ1n) is 10.6. The van der Waals surface area contributed by atoms with E-state index in [2.05, 4.69) is 10.3 Å². The van der Waals surface area contributed by atoms with Gasteiger partial charge < -0.3 is 20.5 Å². The number of anilines is 1. The van der Waals surface area contributed by atoms with Crippen LogP contribution < -0.4 is 15.8 Å². The molecule has 7 nitrogen and oxygen atoms in total. The standard InChI is InChI=1S/C23H24F5N3O4/c1-10(2)34-18-13(5-6-14(24)17(18)25)16-11(3)22(4,23(26,27)28)35-19(16)21(33)31-12-7-8-30-15(9-12)20(29)32/h5-11,16,19H,1-4H3,(H2,29,32)(H,30,31,33)/t11-,16+,19-,22+/m1/s1. The van der Waals surface area contributed by atoms with Gasteiger partial charge in [-0.05, 0) is 39.0 Å². The maximum absolute atomic E-state index is 14.7. The molecule has 1 fully saturated rings. The molecule has 35 heavy (non-hydrogen) atoms. The van der Waals surface area contributed by atoms with E-state index >= 15 is 0 Å². The van der Waals surface area contributed by atoms with Crippen LogP contribution in [0.1, 0.15) is 49.7 Å². The lowest BCUT2D eigenvalue weighted by Crippen LogP contribution is -2.47. The lowest BCUT2D eigenvalue weighted by molar-refractivity contribution is -0.272. The summed E-state index contributed by atoms with van der Waals surface area (Å²) in [5.74, 6) is -7.90. The zero-order valence-electron chi connectivity index (χ0n) is 19.2. The van der Waals surface area contributed by atoms with Crippen molar-refractivity contribution in [3.63, 3.8) is 0 Å². The Kier molecular flexibility index (Phi) is 7.07. The van der Waals surface area contributed by atoms with Crippen LogP contribution in [0.4, 0.5) is 27.6 Å². The van der Waals surface area contributed by atoms with Gasteiger partial charge in [0.2, 0.25) is 5.82 Å². The van der Waals surface area contributed by atoms with Crippen molar-refractivity contribution in [2.24, 2.45) is 11.7 Å². The molecule has 3 N–H and O–H groups in total. The molecule has 0 aliphatic carbocycles. The van der Waals surface area contributed by atoms with Gasteiger partial charge in [0.15, 0.2) is 17.2 Å². The summed E-state index contributed by atoms with van der Waals surface area (Å²) in [6, 6.07) is 4.28. The van der Waals surface area contributed by atoms with E-state index in [1.54, 1.807) is 0 Å². The molecular formula is C23H24F5N3O4. The molecule has 1 saturated heterocycles. The highest BCUT2D eigenvalue weighted by atomic mass is 19.4. The Balaban J connectivity index is 2.10. The summed E-state index contributed by atoms with van der Waals surface area (Å²) in [5.41, 5.74) is 2.07. The van der Waals surface area contributed by atoms with Gasteiger partial charge in [0, 0.05) is 29.3 Å². The van der Waals surface area contributed by atoms with Gasteiger partial charge in [0.25, 0.3) is 11.8 Å². The predicted molar refractivity (Wildman–Crippen MR) is 115 cm³/mol. The number of halogens is 5. The second-order valence-electron chi connectivity index (χ2n) is 8.69. The Morgan fingerprint density at radius 1 is 1.23 bits per heavy atom. The maximum Gasteiger partial charge on any atom is 0.417 e. The van der Waals surface area contributed by atoms with Crippen LogP contribution in [0.5, 0.6) is 5.75 Å². The Morgan fingerprint density at radius 2 is 1.89 bits per heavy atom. The highest BCUT2D eigenvalue weighted by molar-refractivity contribution is 5.97. The number of aromatic nitrogens is 1. The number of nitrogens with two attached hydrogens (primary N) is 1. The summed E-state index contributed by atoms with van der Waals surface area (Å²) < 4.78 is 81.6. The molecule has 0 spiro atoms. The predicted octanol–water partition coefficient (Wildman–Crippen LogP) is 4.32. The normalized spacial score (nSPS) is 24.5. The summed E-state index contributed by atoms with van der Waals surface area (Å²) in [5, 5.41) is 2.39. The van der Waals surface area contributed by atoms with Gasteiger partial charge in [0.1, 0.15) is 11.8 Å². The van der Waals surface area contributed by atoms with Crippen LogP contribution in [0.2, 0.25) is 0 Å². The smallest absolute Gasteiger partial charge is 0.417 e. The van der Waals surface area contributed by atoms with E-state index in [4.69, 9.17) is 15.2 Å². The van der Waals surface area contributed by atoms with Gasteiger partial charge in [0.05, 0.1) is 6.10 Å². The summed E-state index contributed by atoms with van der Waals surface area (Å²) in [6.07, 6.45) is -6.14. The number of hydrogen-bond donors (Lipinski definition) is 2. The van der Waals surface area contributed by atoms with Gasteiger partial charge in [-0.2, -0.15) is 17.6 Å². The number of alkyl halides is 3. The molecule has 1 aromatic heterocycles. The molecule has 190 valence electrons. The lowest BCUT2D eigenvalue weighted by Gasteiger charge is -2.32. The number of nitrogens with zero attached hydrogens (tertiary/aromatic N) is 1. The fourth-order valence-corrected chi connectivity index (χ4v) is 4.04. The quantitative estimate of drug-likeness (QED) is 0.574. The third kappa shape index (κ3) is 4.93. The molecule has 1 aliphatic heterocycles. The van der Waals surface area contributed by atoms with Gasteiger partial charge in [-0.1, -0.05) is 13.0 Å².